The predicted octanol–water partition coefficient (Wildman–Crippen LogP) is 4.04. The average molecular weight is 413 g/mol. The van der Waals surface area contributed by atoms with E-state index in [4.69, 9.17) is 8.83 Å². The third kappa shape index (κ3) is 4.19. The second-order valence-corrected chi connectivity index (χ2v) is 7.18. The molecule has 0 atom stereocenters. The van der Waals surface area contributed by atoms with Crippen LogP contribution in [-0.2, 0) is 17.8 Å². The van der Waals surface area contributed by atoms with Crippen molar-refractivity contribution < 1.29 is 22.8 Å². The Kier molecular flexibility index (Phi) is 5.13. The lowest BCUT2D eigenvalue weighted by atomic mass is 10.1. The molecule has 0 aliphatic rings. The molecule has 0 aliphatic heterocycles. The van der Waals surface area contributed by atoms with Crippen LogP contribution in [0.4, 0.5) is 9.52 Å². The molecular formula is C20H16FN3O4S. The number of fused-ring (bicyclic) bond motifs is 1. The molecule has 0 fully saturated rings. The summed E-state index contributed by atoms with van der Waals surface area (Å²) in [4.78, 5) is 28.4. The number of furan rings is 2. The van der Waals surface area contributed by atoms with E-state index in [-0.39, 0.29) is 30.5 Å². The van der Waals surface area contributed by atoms with Crippen molar-refractivity contribution in [2.45, 2.75) is 19.9 Å². The molecule has 0 aliphatic carbocycles. The second kappa shape index (κ2) is 7.88. The largest absolute Gasteiger partial charge is 0.459 e. The fourth-order valence-electron chi connectivity index (χ4n) is 2.83. The molecular weight excluding hydrogens is 397 g/mol. The highest BCUT2D eigenvalue weighted by atomic mass is 32.1. The van der Waals surface area contributed by atoms with E-state index in [9.17, 15) is 14.0 Å². The number of halogens is 1. The molecule has 148 valence electrons. The zero-order valence-electron chi connectivity index (χ0n) is 15.3. The highest BCUT2D eigenvalue weighted by molar-refractivity contribution is 7.14. The summed E-state index contributed by atoms with van der Waals surface area (Å²) in [6.45, 7) is 2.01. The first-order valence-electron chi connectivity index (χ1n) is 8.73. The van der Waals surface area contributed by atoms with Gasteiger partial charge in [-0.2, -0.15) is 0 Å². The standard InChI is InChI=1S/C20H16FN3O4S/c1-11-14-7-12(21)4-5-15(14)28-17(11)9-22-18(25)8-13-10-29-20(23-13)24-19(26)16-3-2-6-27-16/h2-7,10H,8-9H2,1H3,(H,22,25)(H,23,24,26). The van der Waals surface area contributed by atoms with Crippen LogP contribution < -0.4 is 10.6 Å². The van der Waals surface area contributed by atoms with Crippen LogP contribution in [0, 0.1) is 12.7 Å². The van der Waals surface area contributed by atoms with E-state index in [0.29, 0.717) is 27.6 Å². The number of carbonyl (C=O) groups excluding carboxylic acids is 2. The minimum Gasteiger partial charge on any atom is -0.459 e. The van der Waals surface area contributed by atoms with Crippen LogP contribution in [0.2, 0.25) is 0 Å². The van der Waals surface area contributed by atoms with E-state index in [1.807, 2.05) is 6.92 Å². The molecule has 0 spiro atoms. The second-order valence-electron chi connectivity index (χ2n) is 6.32. The number of thiazole rings is 1. The number of hydrogen-bond acceptors (Lipinski definition) is 6. The molecule has 9 heteroatoms. The van der Waals surface area contributed by atoms with Crippen LogP contribution in [0.15, 0.2) is 50.8 Å². The number of aryl methyl sites for hydroxylation is 1. The van der Waals surface area contributed by atoms with Gasteiger partial charge in [0, 0.05) is 16.3 Å². The normalized spacial score (nSPS) is 11.0. The Morgan fingerprint density at radius 1 is 1.28 bits per heavy atom. The summed E-state index contributed by atoms with van der Waals surface area (Å²) in [7, 11) is 0. The number of hydrogen-bond donors (Lipinski definition) is 2. The topological polar surface area (TPSA) is 97.4 Å². The van der Waals surface area contributed by atoms with E-state index < -0.39 is 5.91 Å². The molecule has 0 radical (unpaired) electrons. The number of aromatic nitrogens is 1. The van der Waals surface area contributed by atoms with Gasteiger partial charge in [0.2, 0.25) is 5.91 Å². The fourth-order valence-corrected chi connectivity index (χ4v) is 3.54. The zero-order chi connectivity index (χ0) is 20.4. The van der Waals surface area contributed by atoms with Crippen LogP contribution in [0.3, 0.4) is 0 Å². The highest BCUT2D eigenvalue weighted by Gasteiger charge is 2.15. The Bertz CT molecular complexity index is 1180. The van der Waals surface area contributed by atoms with Gasteiger partial charge in [-0.25, -0.2) is 9.37 Å². The lowest BCUT2D eigenvalue weighted by Gasteiger charge is -2.02. The van der Waals surface area contributed by atoms with Gasteiger partial charge in [0.05, 0.1) is 24.9 Å². The maximum atomic E-state index is 13.4. The molecule has 2 amide bonds. The quantitative estimate of drug-likeness (QED) is 0.497. The van der Waals surface area contributed by atoms with Crippen molar-refractivity contribution in [3.63, 3.8) is 0 Å². The summed E-state index contributed by atoms with van der Waals surface area (Å²) < 4.78 is 24.1. The minimum atomic E-state index is -0.405. The summed E-state index contributed by atoms with van der Waals surface area (Å²) in [5.41, 5.74) is 1.90. The predicted molar refractivity (Wildman–Crippen MR) is 105 cm³/mol. The smallest absolute Gasteiger partial charge is 0.293 e. The molecule has 7 nitrogen and oxygen atoms in total. The van der Waals surface area contributed by atoms with Gasteiger partial charge in [-0.05, 0) is 37.3 Å². The molecule has 3 aromatic heterocycles. The van der Waals surface area contributed by atoms with Crippen molar-refractivity contribution in [3.05, 3.63) is 70.6 Å². The van der Waals surface area contributed by atoms with E-state index in [2.05, 4.69) is 15.6 Å². The number of anilines is 1. The maximum absolute atomic E-state index is 13.4. The Morgan fingerprint density at radius 2 is 2.14 bits per heavy atom. The lowest BCUT2D eigenvalue weighted by Crippen LogP contribution is -2.24. The molecule has 1 aromatic carbocycles. The highest BCUT2D eigenvalue weighted by Crippen LogP contribution is 2.26. The molecule has 29 heavy (non-hydrogen) atoms. The number of nitrogens with zero attached hydrogens (tertiary/aromatic N) is 1. The van der Waals surface area contributed by atoms with E-state index in [0.717, 1.165) is 5.56 Å². The lowest BCUT2D eigenvalue weighted by molar-refractivity contribution is -0.120. The van der Waals surface area contributed by atoms with Gasteiger partial charge in [-0.1, -0.05) is 0 Å². The summed E-state index contributed by atoms with van der Waals surface area (Å²) in [5.74, 6) is -0.234. The molecule has 3 heterocycles. The van der Waals surface area contributed by atoms with Crippen molar-refractivity contribution in [1.29, 1.82) is 0 Å². The van der Waals surface area contributed by atoms with Gasteiger partial charge in [0.25, 0.3) is 5.91 Å². The van der Waals surface area contributed by atoms with Crippen molar-refractivity contribution in [3.8, 4) is 0 Å². The maximum Gasteiger partial charge on any atom is 0.293 e. The van der Waals surface area contributed by atoms with Crippen molar-refractivity contribution in [1.82, 2.24) is 10.3 Å². The van der Waals surface area contributed by atoms with E-state index >= 15 is 0 Å². The SMILES string of the molecule is Cc1c(CNC(=O)Cc2csc(NC(=O)c3ccco3)n2)oc2ccc(F)cc12. The van der Waals surface area contributed by atoms with Crippen LogP contribution >= 0.6 is 11.3 Å². The molecule has 0 saturated heterocycles. The van der Waals surface area contributed by atoms with Gasteiger partial charge >= 0.3 is 0 Å². The van der Waals surface area contributed by atoms with Gasteiger partial charge in [-0.3, -0.25) is 14.9 Å². The average Bonchev–Trinajstić information content (AvgIpc) is 3.42. The number of rotatable bonds is 6. The molecule has 0 unspecified atom stereocenters. The van der Waals surface area contributed by atoms with Crippen LogP contribution in [-0.4, -0.2) is 16.8 Å². The van der Waals surface area contributed by atoms with Gasteiger partial charge in [-0.15, -0.1) is 11.3 Å². The third-order valence-corrected chi connectivity index (χ3v) is 5.11. The monoisotopic (exact) mass is 413 g/mol. The van der Waals surface area contributed by atoms with Gasteiger partial charge < -0.3 is 14.2 Å². The zero-order valence-corrected chi connectivity index (χ0v) is 16.1. The summed E-state index contributed by atoms with van der Waals surface area (Å²) in [5, 5.41) is 8.16. The number of benzene rings is 1. The number of amides is 2. The van der Waals surface area contributed by atoms with Gasteiger partial charge in [0.1, 0.15) is 17.2 Å². The third-order valence-electron chi connectivity index (χ3n) is 4.30. The molecule has 2 N–H and O–H groups in total. The molecule has 0 saturated carbocycles. The molecule has 0 bridgehead atoms. The van der Waals surface area contributed by atoms with Crippen LogP contribution in [0.25, 0.3) is 11.0 Å². The Morgan fingerprint density at radius 3 is 2.93 bits per heavy atom. The summed E-state index contributed by atoms with van der Waals surface area (Å²) in [6, 6.07) is 7.47. The summed E-state index contributed by atoms with van der Waals surface area (Å²) >= 11 is 1.22. The van der Waals surface area contributed by atoms with Gasteiger partial charge in [0.15, 0.2) is 10.9 Å². The Hall–Kier alpha value is -3.46. The summed E-state index contributed by atoms with van der Waals surface area (Å²) in [6.07, 6.45) is 1.47. The van der Waals surface area contributed by atoms with Crippen molar-refractivity contribution >= 4 is 39.3 Å². The molecule has 4 rings (SSSR count). The first-order valence-corrected chi connectivity index (χ1v) is 9.61. The number of carbonyl (C=O) groups is 2. The minimum absolute atomic E-state index is 0.0566. The fraction of sp³-hybridized carbons (Fsp3) is 0.150. The Balaban J connectivity index is 1.34. The first kappa shape index (κ1) is 18.9. The van der Waals surface area contributed by atoms with E-state index in [1.54, 1.807) is 23.6 Å². The van der Waals surface area contributed by atoms with Crippen LogP contribution in [0.1, 0.15) is 27.6 Å². The first-order chi connectivity index (χ1) is 14.0. The number of nitrogens with one attached hydrogen (secondary N) is 2. The van der Waals surface area contributed by atoms with Crippen LogP contribution in [0.5, 0.6) is 0 Å². The van der Waals surface area contributed by atoms with Crippen molar-refractivity contribution in [2.75, 3.05) is 5.32 Å². The van der Waals surface area contributed by atoms with E-state index in [1.165, 1.54) is 29.7 Å². The van der Waals surface area contributed by atoms with Crippen molar-refractivity contribution in [2.24, 2.45) is 0 Å². The Labute approximate surface area is 168 Å². The molecule has 4 aromatic rings.